The second-order valence-electron chi connectivity index (χ2n) is 11.0. The number of benzene rings is 2. The molecule has 1 fully saturated rings. The summed E-state index contributed by atoms with van der Waals surface area (Å²) in [5.74, 6) is -1.49. The lowest BCUT2D eigenvalue weighted by atomic mass is 9.95. The summed E-state index contributed by atoms with van der Waals surface area (Å²) in [6.07, 6.45) is 5.06. The third-order valence-electron chi connectivity index (χ3n) is 7.84. The number of rotatable bonds is 6. The van der Waals surface area contributed by atoms with Gasteiger partial charge in [0.05, 0.1) is 6.04 Å². The average molecular weight is 567 g/mol. The van der Waals surface area contributed by atoms with Crippen molar-refractivity contribution < 1.29 is 24.6 Å². The van der Waals surface area contributed by atoms with Crippen LogP contribution < -0.4 is 32.7 Å². The maximum atomic E-state index is 13.5. The summed E-state index contributed by atoms with van der Waals surface area (Å²) < 4.78 is 0. The van der Waals surface area contributed by atoms with E-state index in [1.807, 2.05) is 0 Å². The van der Waals surface area contributed by atoms with Crippen LogP contribution in [0.2, 0.25) is 0 Å². The molecule has 2 heterocycles. The maximum Gasteiger partial charge on any atom is 0.243 e. The van der Waals surface area contributed by atoms with Gasteiger partial charge >= 0.3 is 0 Å². The van der Waals surface area contributed by atoms with Gasteiger partial charge in [-0.2, -0.15) is 0 Å². The van der Waals surface area contributed by atoms with Crippen molar-refractivity contribution in [3.05, 3.63) is 47.5 Å². The van der Waals surface area contributed by atoms with E-state index in [2.05, 4.69) is 21.3 Å². The van der Waals surface area contributed by atoms with Gasteiger partial charge in [0, 0.05) is 25.4 Å². The van der Waals surface area contributed by atoms with Crippen molar-refractivity contribution in [2.75, 3.05) is 19.6 Å². The van der Waals surface area contributed by atoms with Crippen LogP contribution in [0.1, 0.15) is 49.7 Å². The Bertz CT molecular complexity index is 1230. The van der Waals surface area contributed by atoms with Gasteiger partial charge in [0.25, 0.3) is 0 Å². The molecule has 0 spiro atoms. The average Bonchev–Trinajstić information content (AvgIpc) is 3.24. The van der Waals surface area contributed by atoms with E-state index in [4.69, 9.17) is 11.5 Å². The number of nitrogens with two attached hydrogens (primary N) is 2. The Kier molecular flexibility index (Phi) is 10.6. The molecule has 3 amide bonds. The standard InChI is InChI=1S/C30H42N6O5/c31-11-4-6-24-30(41)36-25(29(40)34-17-22-5-2-1-3-12-33-22)16-21-14-19(8-10-27(21)38)18-7-9-26(37)20(13-18)15-23(32)28(39)35-24/h7-10,13-14,22-25,33,37-38H,1-6,11-12,15-17,31-32H2,(H,34,40)(H,35,39)(H,36,41)/t22?,23-,24-,25?/m0/s1. The van der Waals surface area contributed by atoms with Crippen molar-refractivity contribution in [2.45, 2.75) is 75.5 Å². The molecule has 11 heteroatoms. The molecule has 2 aliphatic rings. The second kappa shape index (κ2) is 14.3. The molecule has 0 radical (unpaired) electrons. The molecular formula is C30H42N6O5. The topological polar surface area (TPSA) is 192 Å². The molecule has 1 saturated heterocycles. The van der Waals surface area contributed by atoms with Gasteiger partial charge in [0.1, 0.15) is 23.6 Å². The van der Waals surface area contributed by atoms with Gasteiger partial charge in [-0.05, 0) is 85.3 Å². The van der Waals surface area contributed by atoms with Gasteiger partial charge < -0.3 is 42.9 Å². The zero-order valence-electron chi connectivity index (χ0n) is 23.3. The Morgan fingerprint density at radius 3 is 2.29 bits per heavy atom. The Balaban J connectivity index is 1.68. The van der Waals surface area contributed by atoms with Gasteiger partial charge in [-0.1, -0.05) is 25.0 Å². The summed E-state index contributed by atoms with van der Waals surface area (Å²) in [6, 6.07) is 7.17. The van der Waals surface area contributed by atoms with Crippen LogP contribution in [0.25, 0.3) is 11.1 Å². The molecule has 4 atom stereocenters. The minimum atomic E-state index is -1.03. The minimum Gasteiger partial charge on any atom is -0.508 e. The molecule has 4 rings (SSSR count). The smallest absolute Gasteiger partial charge is 0.243 e. The normalized spacial score (nSPS) is 23.8. The number of hydrogen-bond acceptors (Lipinski definition) is 8. The number of hydrogen-bond donors (Lipinski definition) is 8. The predicted molar refractivity (Wildman–Crippen MR) is 156 cm³/mol. The fourth-order valence-electron chi connectivity index (χ4n) is 5.38. The fourth-order valence-corrected chi connectivity index (χ4v) is 5.38. The molecule has 222 valence electrons. The number of nitrogens with one attached hydrogen (secondary N) is 4. The Hall–Kier alpha value is -3.67. The Morgan fingerprint density at radius 1 is 0.927 bits per heavy atom. The van der Waals surface area contributed by atoms with Gasteiger partial charge in [-0.3, -0.25) is 14.4 Å². The van der Waals surface area contributed by atoms with Crippen molar-refractivity contribution in [3.63, 3.8) is 0 Å². The van der Waals surface area contributed by atoms with Crippen LogP contribution >= 0.6 is 0 Å². The molecule has 11 nitrogen and oxygen atoms in total. The number of phenols is 2. The lowest BCUT2D eigenvalue weighted by Crippen LogP contribution is -2.57. The molecular weight excluding hydrogens is 524 g/mol. The van der Waals surface area contributed by atoms with Crippen LogP contribution in [0.3, 0.4) is 0 Å². The van der Waals surface area contributed by atoms with Crippen LogP contribution in [-0.4, -0.2) is 71.7 Å². The van der Waals surface area contributed by atoms with Crippen LogP contribution in [-0.2, 0) is 27.2 Å². The lowest BCUT2D eigenvalue weighted by molar-refractivity contribution is -0.132. The molecule has 0 aliphatic carbocycles. The zero-order chi connectivity index (χ0) is 29.4. The highest BCUT2D eigenvalue weighted by molar-refractivity contribution is 5.93. The van der Waals surface area contributed by atoms with Gasteiger partial charge in [0.2, 0.25) is 17.7 Å². The number of carbonyl (C=O) groups is 3. The highest BCUT2D eigenvalue weighted by Gasteiger charge is 2.30. The van der Waals surface area contributed by atoms with E-state index in [1.165, 1.54) is 6.07 Å². The SMILES string of the molecule is NCCC[C@@H]1NC(=O)[C@@H](N)Cc2cc(ccc2O)-c2ccc(O)c(c2)CC(C(=O)NCC2CCCCCN2)NC1=O. The molecule has 2 aromatic carbocycles. The molecule has 10 N–H and O–H groups in total. The maximum absolute atomic E-state index is 13.5. The zero-order valence-corrected chi connectivity index (χ0v) is 23.3. The summed E-state index contributed by atoms with van der Waals surface area (Å²) in [7, 11) is 0. The van der Waals surface area contributed by atoms with E-state index >= 15 is 0 Å². The van der Waals surface area contributed by atoms with Crippen molar-refractivity contribution in [1.29, 1.82) is 0 Å². The van der Waals surface area contributed by atoms with E-state index in [9.17, 15) is 24.6 Å². The Morgan fingerprint density at radius 2 is 1.61 bits per heavy atom. The molecule has 41 heavy (non-hydrogen) atoms. The van der Waals surface area contributed by atoms with E-state index in [1.54, 1.807) is 30.3 Å². The first-order valence-corrected chi connectivity index (χ1v) is 14.5. The first-order valence-electron chi connectivity index (χ1n) is 14.5. The summed E-state index contributed by atoms with van der Waals surface area (Å²) in [5.41, 5.74) is 14.3. The van der Waals surface area contributed by atoms with Gasteiger partial charge in [-0.15, -0.1) is 0 Å². The van der Waals surface area contributed by atoms with Crippen LogP contribution in [0.4, 0.5) is 0 Å². The van der Waals surface area contributed by atoms with E-state index in [0.29, 0.717) is 30.6 Å². The first-order chi connectivity index (χ1) is 19.7. The van der Waals surface area contributed by atoms with E-state index in [0.717, 1.165) is 43.4 Å². The largest absolute Gasteiger partial charge is 0.508 e. The molecule has 0 saturated carbocycles. The third kappa shape index (κ3) is 8.18. The summed E-state index contributed by atoms with van der Waals surface area (Å²) >= 11 is 0. The van der Waals surface area contributed by atoms with Crippen LogP contribution in [0.15, 0.2) is 36.4 Å². The van der Waals surface area contributed by atoms with Crippen molar-refractivity contribution in [1.82, 2.24) is 21.3 Å². The molecule has 2 aromatic rings. The first kappa shape index (κ1) is 30.3. The lowest BCUT2D eigenvalue weighted by Gasteiger charge is -2.25. The summed E-state index contributed by atoms with van der Waals surface area (Å²) in [5, 5.41) is 33.1. The second-order valence-corrected chi connectivity index (χ2v) is 11.0. The van der Waals surface area contributed by atoms with Gasteiger partial charge in [-0.25, -0.2) is 0 Å². The summed E-state index contributed by atoms with van der Waals surface area (Å²) in [4.78, 5) is 40.0. The highest BCUT2D eigenvalue weighted by atomic mass is 16.3. The van der Waals surface area contributed by atoms with Crippen molar-refractivity contribution in [3.8, 4) is 22.6 Å². The number of carbonyl (C=O) groups excluding carboxylic acids is 3. The van der Waals surface area contributed by atoms with Crippen molar-refractivity contribution >= 4 is 17.7 Å². The van der Waals surface area contributed by atoms with E-state index in [-0.39, 0.29) is 42.7 Å². The van der Waals surface area contributed by atoms with Crippen molar-refractivity contribution in [2.24, 2.45) is 11.5 Å². The van der Waals surface area contributed by atoms with Crippen LogP contribution in [0, 0.1) is 0 Å². The summed E-state index contributed by atoms with van der Waals surface area (Å²) in [6.45, 7) is 1.62. The third-order valence-corrected chi connectivity index (χ3v) is 7.84. The molecule has 2 aliphatic heterocycles. The number of aromatic hydroxyl groups is 2. The monoisotopic (exact) mass is 566 g/mol. The minimum absolute atomic E-state index is 0.00219. The number of amides is 3. The molecule has 0 aromatic heterocycles. The van der Waals surface area contributed by atoms with Crippen LogP contribution in [0.5, 0.6) is 11.5 Å². The molecule has 4 bridgehead atoms. The highest BCUT2D eigenvalue weighted by Crippen LogP contribution is 2.31. The fraction of sp³-hybridized carbons (Fsp3) is 0.500. The number of fused-ring (bicyclic) bond motifs is 5. The molecule has 2 unspecified atom stereocenters. The van der Waals surface area contributed by atoms with E-state index < -0.39 is 29.9 Å². The predicted octanol–water partition coefficient (Wildman–Crippen LogP) is 0.548. The van der Waals surface area contributed by atoms with Gasteiger partial charge in [0.15, 0.2) is 0 Å². The quantitative estimate of drug-likeness (QED) is 0.248. The number of phenolic OH excluding ortho intramolecular Hbond substituents is 2. The Labute approximate surface area is 240 Å².